The molecular weight excluding hydrogens is 376 g/mol. The average molecular weight is 413 g/mol. The quantitative estimate of drug-likeness (QED) is 0.299. The highest BCUT2D eigenvalue weighted by molar-refractivity contribution is 5.66. The zero-order chi connectivity index (χ0) is 22.7. The molecule has 2 rings (SSSR count). The number of rotatable bonds is 9. The van der Waals surface area contributed by atoms with Crippen molar-refractivity contribution in [2.24, 2.45) is 5.41 Å². The monoisotopic (exact) mass is 412 g/mol. The molecule has 0 atom stereocenters. The Morgan fingerprint density at radius 2 is 1.84 bits per heavy atom. The minimum Gasteiger partial charge on any atom is -0.497 e. The van der Waals surface area contributed by atoms with Gasteiger partial charge in [-0.05, 0) is 72.6 Å². The van der Waals surface area contributed by atoms with Crippen molar-refractivity contribution in [3.8, 4) is 17.6 Å². The van der Waals surface area contributed by atoms with Crippen LogP contribution < -0.4 is 4.74 Å². The van der Waals surface area contributed by atoms with Crippen molar-refractivity contribution in [2.45, 2.75) is 59.8 Å². The van der Waals surface area contributed by atoms with Gasteiger partial charge in [0.2, 0.25) is 0 Å². The molecule has 0 aliphatic heterocycles. The zero-order valence-corrected chi connectivity index (χ0v) is 19.8. The molecule has 1 nitrogen and oxygen atoms in total. The van der Waals surface area contributed by atoms with Crippen LogP contribution in [-0.4, -0.2) is 7.11 Å². The number of hydrogen-bond donors (Lipinski definition) is 0. The maximum absolute atomic E-state index is 5.37. The van der Waals surface area contributed by atoms with E-state index in [0.717, 1.165) is 54.6 Å². The van der Waals surface area contributed by atoms with E-state index in [-0.39, 0.29) is 5.41 Å². The Kier molecular flexibility index (Phi) is 9.45. The number of aryl methyl sites for hydroxylation is 1. The van der Waals surface area contributed by atoms with Crippen molar-refractivity contribution in [3.05, 3.63) is 89.2 Å². The molecule has 0 heterocycles. The molecule has 0 spiro atoms. The molecule has 0 fully saturated rings. The molecule has 162 valence electrons. The largest absolute Gasteiger partial charge is 0.497 e. The number of methoxy groups -OCH3 is 1. The first kappa shape index (κ1) is 24.3. The van der Waals surface area contributed by atoms with Gasteiger partial charge < -0.3 is 4.74 Å². The van der Waals surface area contributed by atoms with Crippen molar-refractivity contribution >= 4 is 5.57 Å². The normalized spacial score (nSPS) is 11.3. The van der Waals surface area contributed by atoms with Crippen LogP contribution in [0.15, 0.2) is 72.5 Å². The lowest BCUT2D eigenvalue weighted by Crippen LogP contribution is -2.15. The summed E-state index contributed by atoms with van der Waals surface area (Å²) in [5.74, 6) is 7.52. The molecule has 0 saturated heterocycles. The molecule has 0 amide bonds. The second kappa shape index (κ2) is 12.0. The number of allylic oxidation sites excluding steroid dienone is 3. The van der Waals surface area contributed by atoms with Gasteiger partial charge in [-0.2, -0.15) is 0 Å². The molecule has 0 unspecified atom stereocenters. The van der Waals surface area contributed by atoms with Gasteiger partial charge in [0.1, 0.15) is 5.75 Å². The van der Waals surface area contributed by atoms with E-state index < -0.39 is 0 Å². The molecule has 0 aliphatic rings. The number of ether oxygens (including phenoxy) is 1. The van der Waals surface area contributed by atoms with Crippen molar-refractivity contribution in [3.63, 3.8) is 0 Å². The third kappa shape index (κ3) is 7.36. The highest BCUT2D eigenvalue weighted by Gasteiger charge is 2.23. The summed E-state index contributed by atoms with van der Waals surface area (Å²) in [4.78, 5) is 0. The third-order valence-electron chi connectivity index (χ3n) is 5.82. The topological polar surface area (TPSA) is 9.23 Å². The molecule has 2 aromatic rings. The summed E-state index contributed by atoms with van der Waals surface area (Å²) in [5.41, 5.74) is 9.27. The maximum atomic E-state index is 5.37. The summed E-state index contributed by atoms with van der Waals surface area (Å²) in [6, 6.07) is 16.6. The second-order valence-corrected chi connectivity index (χ2v) is 8.51. The first-order valence-electron chi connectivity index (χ1n) is 11.3. The van der Waals surface area contributed by atoms with E-state index in [0.29, 0.717) is 0 Å². The molecule has 0 N–H and O–H groups in total. The van der Waals surface area contributed by atoms with Crippen molar-refractivity contribution in [1.29, 1.82) is 0 Å². The van der Waals surface area contributed by atoms with Gasteiger partial charge in [0.05, 0.1) is 7.11 Å². The summed E-state index contributed by atoms with van der Waals surface area (Å²) in [7, 11) is 1.70. The van der Waals surface area contributed by atoms with Crippen molar-refractivity contribution in [2.75, 3.05) is 7.11 Å². The van der Waals surface area contributed by atoms with Gasteiger partial charge >= 0.3 is 0 Å². The molecule has 31 heavy (non-hydrogen) atoms. The fraction of sp³-hybridized carbons (Fsp3) is 0.367. The van der Waals surface area contributed by atoms with Gasteiger partial charge in [0.15, 0.2) is 0 Å². The lowest BCUT2D eigenvalue weighted by molar-refractivity contribution is 0.399. The molecule has 0 aliphatic carbocycles. The smallest absolute Gasteiger partial charge is 0.119 e. The summed E-state index contributed by atoms with van der Waals surface area (Å²) in [6.07, 6.45) is 7.28. The first-order chi connectivity index (χ1) is 14.9. The number of benzene rings is 2. The van der Waals surface area contributed by atoms with E-state index in [4.69, 9.17) is 4.74 Å². The van der Waals surface area contributed by atoms with Crippen LogP contribution in [0.3, 0.4) is 0 Å². The fourth-order valence-corrected chi connectivity index (χ4v) is 3.69. The van der Waals surface area contributed by atoms with E-state index in [1.165, 1.54) is 11.1 Å². The highest BCUT2D eigenvalue weighted by atomic mass is 16.5. The van der Waals surface area contributed by atoms with Crippen LogP contribution >= 0.6 is 0 Å². The SMILES string of the molecule is C=C=C(CCC(C)(C)/C(=C/C#Cc1cccc(CC)c1)CCC)c1cccc(OC)c1. The zero-order valence-electron chi connectivity index (χ0n) is 19.8. The maximum Gasteiger partial charge on any atom is 0.119 e. The summed E-state index contributed by atoms with van der Waals surface area (Å²) >= 11 is 0. The number of hydrogen-bond acceptors (Lipinski definition) is 1. The van der Waals surface area contributed by atoms with Crippen LogP contribution in [0.25, 0.3) is 5.57 Å². The standard InChI is InChI=1S/C30H36O/c1-7-13-28(18-11-16-25-15-10-14-24(8-2)22-25)30(4,5)21-20-26(9-3)27-17-12-19-29(23-27)31-6/h10,12,14-15,17-19,22-23H,3,7-8,13,20-21H2,1-2,4-6H3/b28-18+. The fourth-order valence-electron chi connectivity index (χ4n) is 3.69. The van der Waals surface area contributed by atoms with Gasteiger partial charge in [0.25, 0.3) is 0 Å². The Labute approximate surface area is 189 Å². The van der Waals surface area contributed by atoms with E-state index in [1.54, 1.807) is 7.11 Å². The molecule has 0 aromatic heterocycles. The van der Waals surface area contributed by atoms with E-state index in [9.17, 15) is 0 Å². The molecule has 1 heteroatoms. The second-order valence-electron chi connectivity index (χ2n) is 8.51. The summed E-state index contributed by atoms with van der Waals surface area (Å²) in [5, 5.41) is 0. The van der Waals surface area contributed by atoms with Crippen LogP contribution in [0.2, 0.25) is 0 Å². The van der Waals surface area contributed by atoms with Gasteiger partial charge in [-0.15, -0.1) is 5.73 Å². The Balaban J connectivity index is 2.18. The Bertz CT molecular complexity index is 1000. The van der Waals surface area contributed by atoms with Crippen molar-refractivity contribution < 1.29 is 4.74 Å². The minimum atomic E-state index is 0.0525. The first-order valence-corrected chi connectivity index (χ1v) is 11.3. The lowest BCUT2D eigenvalue weighted by Gasteiger charge is -2.28. The summed E-state index contributed by atoms with van der Waals surface area (Å²) in [6.45, 7) is 13.0. The van der Waals surface area contributed by atoms with Crippen molar-refractivity contribution in [1.82, 2.24) is 0 Å². The Morgan fingerprint density at radius 3 is 2.52 bits per heavy atom. The van der Waals surface area contributed by atoms with E-state index in [2.05, 4.69) is 94.3 Å². The van der Waals surface area contributed by atoms with Gasteiger partial charge in [-0.25, -0.2) is 0 Å². The Morgan fingerprint density at radius 1 is 1.06 bits per heavy atom. The molecule has 0 saturated carbocycles. The van der Waals surface area contributed by atoms with Crippen LogP contribution in [-0.2, 0) is 6.42 Å². The molecular formula is C30H36O. The Hall–Kier alpha value is -2.94. The summed E-state index contributed by atoms with van der Waals surface area (Å²) < 4.78 is 5.37. The van der Waals surface area contributed by atoms with Crippen LogP contribution in [0.4, 0.5) is 0 Å². The van der Waals surface area contributed by atoms with E-state index >= 15 is 0 Å². The predicted octanol–water partition coefficient (Wildman–Crippen LogP) is 8.01. The lowest BCUT2D eigenvalue weighted by atomic mass is 9.76. The molecule has 0 radical (unpaired) electrons. The average Bonchev–Trinajstić information content (AvgIpc) is 2.79. The molecule has 2 aromatic carbocycles. The van der Waals surface area contributed by atoms with Crippen LogP contribution in [0.5, 0.6) is 5.75 Å². The highest BCUT2D eigenvalue weighted by Crippen LogP contribution is 2.37. The molecule has 0 bridgehead atoms. The van der Waals surface area contributed by atoms with Gasteiger partial charge in [-0.3, -0.25) is 0 Å². The third-order valence-corrected chi connectivity index (χ3v) is 5.82. The van der Waals surface area contributed by atoms with Gasteiger partial charge in [0, 0.05) is 11.1 Å². The van der Waals surface area contributed by atoms with Crippen LogP contribution in [0, 0.1) is 17.3 Å². The van der Waals surface area contributed by atoms with Gasteiger partial charge in [-0.1, -0.05) is 82.4 Å². The van der Waals surface area contributed by atoms with E-state index in [1.807, 2.05) is 12.1 Å². The predicted molar refractivity (Wildman–Crippen MR) is 134 cm³/mol. The van der Waals surface area contributed by atoms with Crippen LogP contribution in [0.1, 0.15) is 70.1 Å². The minimum absolute atomic E-state index is 0.0525.